The molecule has 0 radical (unpaired) electrons. The van der Waals surface area contributed by atoms with Crippen LogP contribution in [0.25, 0.3) is 0 Å². The van der Waals surface area contributed by atoms with Crippen molar-refractivity contribution in [1.29, 1.82) is 0 Å². The third kappa shape index (κ3) is 3.23. The smallest absolute Gasteiger partial charge is 0.145 e. The first-order valence-corrected chi connectivity index (χ1v) is 3.44. The minimum absolute atomic E-state index is 0.849. The summed E-state index contributed by atoms with van der Waals surface area (Å²) < 4.78 is 0. The lowest BCUT2D eigenvalue weighted by atomic mass is 10.1. The predicted octanol–water partition coefficient (Wildman–Crippen LogP) is 2.49. The number of aldehydes is 1. The predicted molar refractivity (Wildman–Crippen MR) is 43.9 cm³/mol. The van der Waals surface area contributed by atoms with Crippen molar-refractivity contribution in [2.75, 3.05) is 0 Å². The molecule has 0 aliphatic rings. The number of carbonyl (C=O) groups is 1. The first-order chi connectivity index (χ1) is 4.72. The Bertz CT molecular complexity index is 154. The standard InChI is InChI=1S/C9H14O/c1-4-5-6-8(2)9(3)7-10/h4,7H,1,5-6H2,2-3H3. The van der Waals surface area contributed by atoms with Crippen molar-refractivity contribution in [3.63, 3.8) is 0 Å². The molecule has 0 aromatic heterocycles. The van der Waals surface area contributed by atoms with Gasteiger partial charge in [0.1, 0.15) is 6.29 Å². The highest BCUT2D eigenvalue weighted by Gasteiger charge is 1.92. The van der Waals surface area contributed by atoms with Crippen LogP contribution in [0.2, 0.25) is 0 Å². The third-order valence-corrected chi connectivity index (χ3v) is 1.57. The number of hydrogen-bond acceptors (Lipinski definition) is 1. The van der Waals surface area contributed by atoms with Crippen molar-refractivity contribution in [2.24, 2.45) is 0 Å². The third-order valence-electron chi connectivity index (χ3n) is 1.57. The summed E-state index contributed by atoms with van der Waals surface area (Å²) in [6.07, 6.45) is 4.67. The van der Waals surface area contributed by atoms with E-state index in [9.17, 15) is 4.79 Å². The molecule has 0 saturated carbocycles. The maximum absolute atomic E-state index is 10.2. The second-order valence-corrected chi connectivity index (χ2v) is 2.41. The molecule has 0 atom stereocenters. The van der Waals surface area contributed by atoms with Gasteiger partial charge in [-0.3, -0.25) is 4.79 Å². The molecule has 0 aromatic carbocycles. The number of allylic oxidation sites excluding steroid dienone is 3. The second-order valence-electron chi connectivity index (χ2n) is 2.41. The maximum Gasteiger partial charge on any atom is 0.145 e. The first-order valence-electron chi connectivity index (χ1n) is 3.44. The van der Waals surface area contributed by atoms with Crippen LogP contribution in [0.15, 0.2) is 23.8 Å². The van der Waals surface area contributed by atoms with Gasteiger partial charge in [0, 0.05) is 0 Å². The number of rotatable bonds is 4. The summed E-state index contributed by atoms with van der Waals surface area (Å²) >= 11 is 0. The molecule has 0 amide bonds. The molecule has 0 N–H and O–H groups in total. The van der Waals surface area contributed by atoms with E-state index in [2.05, 4.69) is 6.58 Å². The molecule has 56 valence electrons. The van der Waals surface area contributed by atoms with Gasteiger partial charge in [0.15, 0.2) is 0 Å². The maximum atomic E-state index is 10.2. The molecule has 0 fully saturated rings. The molecule has 10 heavy (non-hydrogen) atoms. The molecule has 0 aromatic rings. The summed E-state index contributed by atoms with van der Waals surface area (Å²) in [6, 6.07) is 0. The van der Waals surface area contributed by atoms with Gasteiger partial charge in [0.25, 0.3) is 0 Å². The van der Waals surface area contributed by atoms with Gasteiger partial charge in [-0.1, -0.05) is 11.6 Å². The zero-order valence-corrected chi connectivity index (χ0v) is 6.68. The molecule has 0 bridgehead atoms. The summed E-state index contributed by atoms with van der Waals surface area (Å²) in [6.45, 7) is 7.42. The monoisotopic (exact) mass is 138 g/mol. The lowest BCUT2D eigenvalue weighted by molar-refractivity contribution is -0.104. The van der Waals surface area contributed by atoms with E-state index in [4.69, 9.17) is 0 Å². The van der Waals surface area contributed by atoms with Crippen LogP contribution in [0.1, 0.15) is 26.7 Å². The van der Waals surface area contributed by atoms with Crippen molar-refractivity contribution in [3.05, 3.63) is 23.8 Å². The van der Waals surface area contributed by atoms with Gasteiger partial charge in [0.2, 0.25) is 0 Å². The summed E-state index contributed by atoms with van der Waals surface area (Å²) in [5.74, 6) is 0. The van der Waals surface area contributed by atoms with E-state index in [-0.39, 0.29) is 0 Å². The highest BCUT2D eigenvalue weighted by Crippen LogP contribution is 2.07. The van der Waals surface area contributed by atoms with Crippen molar-refractivity contribution in [3.8, 4) is 0 Å². The van der Waals surface area contributed by atoms with E-state index in [0.717, 1.165) is 30.3 Å². The molecule has 1 heteroatoms. The Labute approximate surface area is 62.4 Å². The zero-order valence-electron chi connectivity index (χ0n) is 6.68. The molecule has 0 rings (SSSR count). The van der Waals surface area contributed by atoms with E-state index in [1.807, 2.05) is 19.9 Å². The molecule has 0 unspecified atom stereocenters. The van der Waals surface area contributed by atoms with Gasteiger partial charge in [-0.25, -0.2) is 0 Å². The van der Waals surface area contributed by atoms with E-state index in [1.54, 1.807) is 0 Å². The fourth-order valence-electron chi connectivity index (χ4n) is 0.616. The highest BCUT2D eigenvalue weighted by molar-refractivity contribution is 5.73. The largest absolute Gasteiger partial charge is 0.298 e. The zero-order chi connectivity index (χ0) is 7.98. The SMILES string of the molecule is C=CCCC(C)=C(C)C=O. The molecule has 0 saturated heterocycles. The van der Waals surface area contributed by atoms with Crippen LogP contribution in [-0.4, -0.2) is 6.29 Å². The summed E-state index contributed by atoms with van der Waals surface area (Å²) in [4.78, 5) is 10.2. The van der Waals surface area contributed by atoms with Crippen LogP contribution in [0.4, 0.5) is 0 Å². The molecule has 1 nitrogen and oxygen atoms in total. The van der Waals surface area contributed by atoms with Crippen LogP contribution < -0.4 is 0 Å². The Morgan fingerprint density at radius 1 is 1.50 bits per heavy atom. The molecular formula is C9H14O. The van der Waals surface area contributed by atoms with E-state index >= 15 is 0 Å². The Kier molecular flexibility index (Phi) is 4.55. The average Bonchev–Trinajstić information content (AvgIpc) is 1.98. The quantitative estimate of drug-likeness (QED) is 0.331. The first kappa shape index (κ1) is 9.15. The molecule has 0 heterocycles. The summed E-state index contributed by atoms with van der Waals surface area (Å²) in [7, 11) is 0. The van der Waals surface area contributed by atoms with Gasteiger partial charge in [-0.2, -0.15) is 0 Å². The topological polar surface area (TPSA) is 17.1 Å². The minimum atomic E-state index is 0.849. The van der Waals surface area contributed by atoms with Crippen LogP contribution in [0.3, 0.4) is 0 Å². The van der Waals surface area contributed by atoms with Gasteiger partial charge in [0.05, 0.1) is 0 Å². The number of carbonyl (C=O) groups excluding carboxylic acids is 1. The van der Waals surface area contributed by atoms with Crippen LogP contribution >= 0.6 is 0 Å². The summed E-state index contributed by atoms with van der Waals surface area (Å²) in [5.41, 5.74) is 2.01. The van der Waals surface area contributed by atoms with E-state index < -0.39 is 0 Å². The molecule has 0 aliphatic heterocycles. The van der Waals surface area contributed by atoms with E-state index in [0.29, 0.717) is 0 Å². The van der Waals surface area contributed by atoms with E-state index in [1.165, 1.54) is 0 Å². The Balaban J connectivity index is 3.90. The highest BCUT2D eigenvalue weighted by atomic mass is 16.1. The van der Waals surface area contributed by atoms with Crippen LogP contribution in [0.5, 0.6) is 0 Å². The van der Waals surface area contributed by atoms with Crippen molar-refractivity contribution < 1.29 is 4.79 Å². The Morgan fingerprint density at radius 2 is 2.10 bits per heavy atom. The fourth-order valence-corrected chi connectivity index (χ4v) is 0.616. The molecule has 0 spiro atoms. The second kappa shape index (κ2) is 4.98. The van der Waals surface area contributed by atoms with Crippen molar-refractivity contribution in [1.82, 2.24) is 0 Å². The summed E-state index contributed by atoms with van der Waals surface area (Å²) in [5, 5.41) is 0. The normalized spacial score (nSPS) is 12.2. The van der Waals surface area contributed by atoms with Crippen LogP contribution in [0, 0.1) is 0 Å². The van der Waals surface area contributed by atoms with Gasteiger partial charge >= 0.3 is 0 Å². The van der Waals surface area contributed by atoms with Gasteiger partial charge in [-0.15, -0.1) is 6.58 Å². The number of hydrogen-bond donors (Lipinski definition) is 0. The fraction of sp³-hybridized carbons (Fsp3) is 0.444. The Morgan fingerprint density at radius 3 is 2.50 bits per heavy atom. The molecule has 0 aliphatic carbocycles. The average molecular weight is 138 g/mol. The van der Waals surface area contributed by atoms with Crippen molar-refractivity contribution >= 4 is 6.29 Å². The minimum Gasteiger partial charge on any atom is -0.298 e. The molecular weight excluding hydrogens is 124 g/mol. The Hall–Kier alpha value is -0.850. The van der Waals surface area contributed by atoms with Crippen LogP contribution in [-0.2, 0) is 4.79 Å². The van der Waals surface area contributed by atoms with Gasteiger partial charge in [-0.05, 0) is 32.3 Å². The van der Waals surface area contributed by atoms with Crippen molar-refractivity contribution in [2.45, 2.75) is 26.7 Å². The van der Waals surface area contributed by atoms with Gasteiger partial charge < -0.3 is 0 Å². The lowest BCUT2D eigenvalue weighted by Gasteiger charge is -1.98. The lowest BCUT2D eigenvalue weighted by Crippen LogP contribution is -1.84.